The van der Waals surface area contributed by atoms with Crippen molar-refractivity contribution in [1.29, 1.82) is 0 Å². The molecule has 0 aromatic heterocycles. The molecule has 0 amide bonds. The largest absolute Gasteiger partial charge is 0.384 e. The third kappa shape index (κ3) is 5.24. The number of likely N-dealkylation sites (tertiary alicyclic amines) is 1. The molecule has 0 aliphatic carbocycles. The Morgan fingerprint density at radius 1 is 1.39 bits per heavy atom. The quantitative estimate of drug-likeness (QED) is 0.647. The van der Waals surface area contributed by atoms with Crippen molar-refractivity contribution in [2.75, 3.05) is 39.9 Å². The van der Waals surface area contributed by atoms with Crippen LogP contribution >= 0.6 is 0 Å². The second kappa shape index (κ2) is 8.92. The number of aryl methyl sites for hydroxylation is 2. The first-order chi connectivity index (χ1) is 11.1. The summed E-state index contributed by atoms with van der Waals surface area (Å²) in [5, 5.41) is 3.43. The van der Waals surface area contributed by atoms with Crippen molar-refractivity contribution in [3.8, 4) is 0 Å². The third-order valence-corrected chi connectivity index (χ3v) is 4.46. The lowest BCUT2D eigenvalue weighted by molar-refractivity contribution is 0.157. The van der Waals surface area contributed by atoms with E-state index in [0.717, 1.165) is 45.2 Å². The number of rotatable bonds is 6. The molecular weight excluding hydrogens is 286 g/mol. The normalized spacial score (nSPS) is 18.5. The van der Waals surface area contributed by atoms with Crippen molar-refractivity contribution >= 4 is 5.96 Å². The van der Waals surface area contributed by atoms with E-state index in [0.29, 0.717) is 5.92 Å². The van der Waals surface area contributed by atoms with Gasteiger partial charge in [-0.15, -0.1) is 0 Å². The van der Waals surface area contributed by atoms with Crippen LogP contribution in [0.15, 0.2) is 23.2 Å². The van der Waals surface area contributed by atoms with Crippen molar-refractivity contribution < 1.29 is 4.74 Å². The summed E-state index contributed by atoms with van der Waals surface area (Å²) in [5.41, 5.74) is 4.09. The maximum atomic E-state index is 5.29. The number of nitrogens with one attached hydrogen (secondary N) is 1. The molecule has 1 atom stereocenters. The van der Waals surface area contributed by atoms with Crippen molar-refractivity contribution in [3.05, 3.63) is 34.9 Å². The van der Waals surface area contributed by atoms with E-state index in [1.165, 1.54) is 23.1 Å². The summed E-state index contributed by atoms with van der Waals surface area (Å²) in [4.78, 5) is 7.21. The first-order valence-electron chi connectivity index (χ1n) is 8.72. The van der Waals surface area contributed by atoms with E-state index in [1.54, 1.807) is 7.11 Å². The Labute approximate surface area is 140 Å². The van der Waals surface area contributed by atoms with Crippen LogP contribution < -0.4 is 5.32 Å². The molecule has 1 aliphatic heterocycles. The van der Waals surface area contributed by atoms with E-state index in [9.17, 15) is 0 Å². The smallest absolute Gasteiger partial charge is 0.193 e. The van der Waals surface area contributed by atoms with Gasteiger partial charge < -0.3 is 15.0 Å². The van der Waals surface area contributed by atoms with Gasteiger partial charge in [-0.2, -0.15) is 0 Å². The van der Waals surface area contributed by atoms with Gasteiger partial charge in [0.15, 0.2) is 5.96 Å². The van der Waals surface area contributed by atoms with Crippen molar-refractivity contribution in [2.24, 2.45) is 10.9 Å². The maximum Gasteiger partial charge on any atom is 0.193 e. The molecule has 0 bridgehead atoms. The maximum absolute atomic E-state index is 5.29. The zero-order chi connectivity index (χ0) is 16.7. The molecule has 1 fully saturated rings. The predicted molar refractivity (Wildman–Crippen MR) is 97.2 cm³/mol. The minimum atomic E-state index is 0.628. The molecule has 0 saturated carbocycles. The summed E-state index contributed by atoms with van der Waals surface area (Å²) in [7, 11) is 1.78. The Balaban J connectivity index is 1.93. The zero-order valence-electron chi connectivity index (χ0n) is 15.1. The summed E-state index contributed by atoms with van der Waals surface area (Å²) in [6.45, 7) is 11.2. The second-order valence-corrected chi connectivity index (χ2v) is 6.47. The van der Waals surface area contributed by atoms with Gasteiger partial charge in [0.2, 0.25) is 0 Å². The fourth-order valence-electron chi connectivity index (χ4n) is 3.23. The highest BCUT2D eigenvalue weighted by molar-refractivity contribution is 5.80. The zero-order valence-corrected chi connectivity index (χ0v) is 15.1. The van der Waals surface area contributed by atoms with Crippen molar-refractivity contribution in [3.63, 3.8) is 0 Å². The van der Waals surface area contributed by atoms with Crippen LogP contribution in [0, 0.1) is 19.8 Å². The molecule has 0 radical (unpaired) electrons. The molecular formula is C19H31N3O. The molecule has 4 nitrogen and oxygen atoms in total. The first kappa shape index (κ1) is 17.8. The molecule has 1 aromatic carbocycles. The monoisotopic (exact) mass is 317 g/mol. The second-order valence-electron chi connectivity index (χ2n) is 6.47. The highest BCUT2D eigenvalue weighted by Gasteiger charge is 2.24. The van der Waals surface area contributed by atoms with Crippen LogP contribution in [0.25, 0.3) is 0 Å². The van der Waals surface area contributed by atoms with Crippen LogP contribution in [0.4, 0.5) is 0 Å². The molecule has 0 spiro atoms. The highest BCUT2D eigenvalue weighted by Crippen LogP contribution is 2.16. The lowest BCUT2D eigenvalue weighted by Crippen LogP contribution is -2.40. The Bertz CT molecular complexity index is 527. The Hall–Kier alpha value is -1.55. The number of nitrogens with zero attached hydrogens (tertiary/aromatic N) is 2. The molecule has 1 aromatic rings. The molecule has 1 aliphatic rings. The van der Waals surface area contributed by atoms with Gasteiger partial charge in [0.05, 0.1) is 6.61 Å². The number of guanidine groups is 1. The molecule has 1 heterocycles. The number of benzene rings is 1. The average Bonchev–Trinajstić information content (AvgIpc) is 2.97. The van der Waals surface area contributed by atoms with E-state index in [-0.39, 0.29) is 0 Å². The summed E-state index contributed by atoms with van der Waals surface area (Å²) in [6, 6.07) is 6.67. The number of hydrogen-bond acceptors (Lipinski definition) is 2. The lowest BCUT2D eigenvalue weighted by atomic mass is 10.0. The molecule has 128 valence electrons. The number of hydrogen-bond donors (Lipinski definition) is 1. The minimum absolute atomic E-state index is 0.628. The fraction of sp³-hybridized carbons (Fsp3) is 0.632. The minimum Gasteiger partial charge on any atom is -0.384 e. The number of methoxy groups -OCH3 is 1. The highest BCUT2D eigenvalue weighted by atomic mass is 16.5. The van der Waals surface area contributed by atoms with Crippen LogP contribution in [-0.4, -0.2) is 50.8 Å². The van der Waals surface area contributed by atoms with Gasteiger partial charge in [0, 0.05) is 39.2 Å². The third-order valence-electron chi connectivity index (χ3n) is 4.46. The van der Waals surface area contributed by atoms with Crippen molar-refractivity contribution in [1.82, 2.24) is 10.2 Å². The van der Waals surface area contributed by atoms with Crippen LogP contribution in [0.3, 0.4) is 0 Å². The molecule has 23 heavy (non-hydrogen) atoms. The van der Waals surface area contributed by atoms with Gasteiger partial charge in [-0.25, -0.2) is 0 Å². The topological polar surface area (TPSA) is 36.9 Å². The molecule has 1 saturated heterocycles. The Morgan fingerprint density at radius 2 is 2.22 bits per heavy atom. The molecule has 2 rings (SSSR count). The van der Waals surface area contributed by atoms with E-state index < -0.39 is 0 Å². The molecule has 4 heteroatoms. The predicted octanol–water partition coefficient (Wildman–Crippen LogP) is 2.78. The van der Waals surface area contributed by atoms with Gasteiger partial charge >= 0.3 is 0 Å². The SMILES string of the molecule is CCNC(=NCCc1ccc(C)cc1C)N1CCC(COC)C1. The number of ether oxygens (including phenoxy) is 1. The van der Waals surface area contributed by atoms with Crippen molar-refractivity contribution in [2.45, 2.75) is 33.6 Å². The molecule has 1 N–H and O–H groups in total. The lowest BCUT2D eigenvalue weighted by Gasteiger charge is -2.21. The summed E-state index contributed by atoms with van der Waals surface area (Å²) in [5.74, 6) is 1.68. The fourth-order valence-corrected chi connectivity index (χ4v) is 3.23. The van der Waals surface area contributed by atoms with E-state index in [1.807, 2.05) is 0 Å². The Kier molecular flexibility index (Phi) is 6.90. The standard InChI is InChI=1S/C19H31N3O/c1-5-20-19(22-11-9-17(13-22)14-23-4)21-10-8-18-7-6-15(2)12-16(18)3/h6-7,12,17H,5,8-11,13-14H2,1-4H3,(H,20,21). The number of aliphatic imine (C=N–C) groups is 1. The summed E-state index contributed by atoms with van der Waals surface area (Å²) >= 11 is 0. The van der Waals surface area contributed by atoms with Gasteiger partial charge in [0.25, 0.3) is 0 Å². The summed E-state index contributed by atoms with van der Waals surface area (Å²) in [6.07, 6.45) is 2.19. The van der Waals surface area contributed by atoms with E-state index in [4.69, 9.17) is 9.73 Å². The van der Waals surface area contributed by atoms with Gasteiger partial charge in [-0.1, -0.05) is 23.8 Å². The van der Waals surface area contributed by atoms with E-state index in [2.05, 4.69) is 49.2 Å². The van der Waals surface area contributed by atoms with Crippen LogP contribution in [0.5, 0.6) is 0 Å². The van der Waals surface area contributed by atoms with Gasteiger partial charge in [-0.3, -0.25) is 4.99 Å². The average molecular weight is 317 g/mol. The van der Waals surface area contributed by atoms with Gasteiger partial charge in [0.1, 0.15) is 0 Å². The molecule has 1 unspecified atom stereocenters. The van der Waals surface area contributed by atoms with Gasteiger partial charge in [-0.05, 0) is 44.7 Å². The summed E-state index contributed by atoms with van der Waals surface area (Å²) < 4.78 is 5.29. The first-order valence-corrected chi connectivity index (χ1v) is 8.72. The van der Waals surface area contributed by atoms with E-state index >= 15 is 0 Å². The van der Waals surface area contributed by atoms with Crippen LogP contribution in [-0.2, 0) is 11.2 Å². The van der Waals surface area contributed by atoms with Crippen LogP contribution in [0.1, 0.15) is 30.0 Å². The Morgan fingerprint density at radius 3 is 2.91 bits per heavy atom. The van der Waals surface area contributed by atoms with Crippen LogP contribution in [0.2, 0.25) is 0 Å².